The highest BCUT2D eigenvalue weighted by atomic mass is 16.3. The fourth-order valence-electron chi connectivity index (χ4n) is 1.87. The van der Waals surface area contributed by atoms with Crippen LogP contribution < -0.4 is 5.32 Å². The molecule has 1 aromatic heterocycles. The van der Waals surface area contributed by atoms with Crippen molar-refractivity contribution in [2.45, 2.75) is 25.9 Å². The van der Waals surface area contributed by atoms with Crippen molar-refractivity contribution in [3.05, 3.63) is 59.5 Å². The van der Waals surface area contributed by atoms with E-state index in [4.69, 9.17) is 9.68 Å². The summed E-state index contributed by atoms with van der Waals surface area (Å²) in [7, 11) is 0. The molecule has 0 aliphatic carbocycles. The Morgan fingerprint density at radius 1 is 1.28 bits per heavy atom. The van der Waals surface area contributed by atoms with Gasteiger partial charge in [0.2, 0.25) is 0 Å². The molecule has 1 atom stereocenters. The van der Waals surface area contributed by atoms with Crippen LogP contribution in [-0.2, 0) is 13.0 Å². The Morgan fingerprint density at radius 2 is 2.11 bits per heavy atom. The average molecular weight is 240 g/mol. The number of furan rings is 1. The largest absolute Gasteiger partial charge is 0.469 e. The van der Waals surface area contributed by atoms with Crippen LogP contribution in [-0.4, -0.2) is 6.04 Å². The van der Waals surface area contributed by atoms with Gasteiger partial charge in [0.15, 0.2) is 0 Å². The summed E-state index contributed by atoms with van der Waals surface area (Å²) in [6, 6.07) is 14.0. The highest BCUT2D eigenvalue weighted by Crippen LogP contribution is 2.08. The number of nitriles is 1. The van der Waals surface area contributed by atoms with Crippen LogP contribution in [0.5, 0.6) is 0 Å². The van der Waals surface area contributed by atoms with Gasteiger partial charge in [0, 0.05) is 19.0 Å². The standard InChI is InChI=1S/C15H16N2O/c1-12(9-15-7-4-8-18-15)17-11-14-6-3-2-5-13(14)10-16/h2-8,12,17H,9,11H2,1H3. The first-order valence-electron chi connectivity index (χ1n) is 6.03. The minimum Gasteiger partial charge on any atom is -0.469 e. The van der Waals surface area contributed by atoms with Crippen LogP contribution in [0, 0.1) is 11.3 Å². The van der Waals surface area contributed by atoms with Crippen LogP contribution in [0.15, 0.2) is 47.1 Å². The van der Waals surface area contributed by atoms with E-state index >= 15 is 0 Å². The number of nitrogens with one attached hydrogen (secondary N) is 1. The van der Waals surface area contributed by atoms with Crippen molar-refractivity contribution in [1.82, 2.24) is 5.32 Å². The lowest BCUT2D eigenvalue weighted by Crippen LogP contribution is -2.27. The van der Waals surface area contributed by atoms with Crippen molar-refractivity contribution in [2.75, 3.05) is 0 Å². The third kappa shape index (κ3) is 3.22. The molecule has 0 amide bonds. The van der Waals surface area contributed by atoms with Gasteiger partial charge in [-0.05, 0) is 30.7 Å². The zero-order valence-corrected chi connectivity index (χ0v) is 10.4. The first-order chi connectivity index (χ1) is 8.79. The maximum Gasteiger partial charge on any atom is 0.105 e. The Hall–Kier alpha value is -2.05. The highest BCUT2D eigenvalue weighted by Gasteiger charge is 2.06. The summed E-state index contributed by atoms with van der Waals surface area (Å²) in [4.78, 5) is 0. The van der Waals surface area contributed by atoms with Crippen LogP contribution in [0.4, 0.5) is 0 Å². The molecule has 0 fully saturated rings. The Bertz CT molecular complexity index is 526. The normalized spacial score (nSPS) is 12.0. The van der Waals surface area contributed by atoms with Crippen molar-refractivity contribution >= 4 is 0 Å². The van der Waals surface area contributed by atoms with Crippen molar-refractivity contribution in [3.63, 3.8) is 0 Å². The maximum absolute atomic E-state index is 9.00. The second-order valence-corrected chi connectivity index (χ2v) is 4.33. The first-order valence-corrected chi connectivity index (χ1v) is 6.03. The van der Waals surface area contributed by atoms with Crippen LogP contribution in [0.25, 0.3) is 0 Å². The van der Waals surface area contributed by atoms with Crippen LogP contribution in [0.1, 0.15) is 23.8 Å². The minimum atomic E-state index is 0.308. The second-order valence-electron chi connectivity index (χ2n) is 4.33. The molecule has 0 saturated carbocycles. The van der Waals surface area contributed by atoms with Crippen molar-refractivity contribution in [2.24, 2.45) is 0 Å². The van der Waals surface area contributed by atoms with E-state index in [0.29, 0.717) is 12.6 Å². The molecule has 0 radical (unpaired) electrons. The maximum atomic E-state index is 9.00. The monoisotopic (exact) mass is 240 g/mol. The van der Waals surface area contributed by atoms with E-state index in [1.54, 1.807) is 6.26 Å². The number of hydrogen-bond acceptors (Lipinski definition) is 3. The third-order valence-corrected chi connectivity index (χ3v) is 2.87. The summed E-state index contributed by atoms with van der Waals surface area (Å²) in [5.74, 6) is 0.976. The van der Waals surface area contributed by atoms with Gasteiger partial charge in [0.25, 0.3) is 0 Å². The second kappa shape index (κ2) is 6.04. The van der Waals surface area contributed by atoms with Gasteiger partial charge in [-0.3, -0.25) is 0 Å². The molecule has 1 heterocycles. The summed E-state index contributed by atoms with van der Waals surface area (Å²) in [5.41, 5.74) is 1.77. The average Bonchev–Trinajstić information content (AvgIpc) is 2.89. The molecule has 92 valence electrons. The van der Waals surface area contributed by atoms with Gasteiger partial charge < -0.3 is 9.73 Å². The summed E-state index contributed by atoms with van der Waals surface area (Å²) in [6.07, 6.45) is 2.54. The van der Waals surface area contributed by atoms with E-state index < -0.39 is 0 Å². The summed E-state index contributed by atoms with van der Waals surface area (Å²) in [6.45, 7) is 2.81. The lowest BCUT2D eigenvalue weighted by molar-refractivity contribution is 0.456. The molecule has 0 aliphatic rings. The topological polar surface area (TPSA) is 49.0 Å². The summed E-state index contributed by atoms with van der Waals surface area (Å²) in [5, 5.41) is 12.4. The zero-order valence-electron chi connectivity index (χ0n) is 10.4. The van der Waals surface area contributed by atoms with Gasteiger partial charge in [-0.2, -0.15) is 5.26 Å². The molecule has 1 unspecified atom stereocenters. The Labute approximate surface area is 107 Å². The summed E-state index contributed by atoms with van der Waals surface area (Å²) >= 11 is 0. The van der Waals surface area contributed by atoms with E-state index in [9.17, 15) is 0 Å². The molecule has 3 heteroatoms. The van der Waals surface area contributed by atoms with Gasteiger partial charge in [-0.25, -0.2) is 0 Å². The van der Waals surface area contributed by atoms with E-state index in [1.807, 2.05) is 36.4 Å². The molecule has 3 nitrogen and oxygen atoms in total. The molecule has 2 rings (SSSR count). The molecule has 0 bridgehead atoms. The van der Waals surface area contributed by atoms with E-state index in [0.717, 1.165) is 23.3 Å². The number of benzene rings is 1. The molecule has 0 aliphatic heterocycles. The number of nitrogens with zero attached hydrogens (tertiary/aromatic N) is 1. The highest BCUT2D eigenvalue weighted by molar-refractivity contribution is 5.37. The quantitative estimate of drug-likeness (QED) is 0.874. The van der Waals surface area contributed by atoms with Gasteiger partial charge in [-0.1, -0.05) is 18.2 Å². The molecular weight excluding hydrogens is 224 g/mol. The molecule has 0 saturated heterocycles. The van der Waals surface area contributed by atoms with Crippen LogP contribution in [0.3, 0.4) is 0 Å². The Morgan fingerprint density at radius 3 is 2.83 bits per heavy atom. The van der Waals surface area contributed by atoms with Gasteiger partial charge >= 0.3 is 0 Å². The smallest absolute Gasteiger partial charge is 0.105 e. The predicted molar refractivity (Wildman–Crippen MR) is 69.9 cm³/mol. The van der Waals surface area contributed by atoms with E-state index in [1.165, 1.54) is 0 Å². The minimum absolute atomic E-state index is 0.308. The first kappa shape index (κ1) is 12.4. The van der Waals surface area contributed by atoms with Gasteiger partial charge in [-0.15, -0.1) is 0 Å². The summed E-state index contributed by atoms with van der Waals surface area (Å²) < 4.78 is 5.31. The molecule has 1 aromatic carbocycles. The fraction of sp³-hybridized carbons (Fsp3) is 0.267. The van der Waals surface area contributed by atoms with Gasteiger partial charge in [0.1, 0.15) is 5.76 Å². The molecule has 2 aromatic rings. The molecular formula is C15H16N2O. The zero-order chi connectivity index (χ0) is 12.8. The Kier molecular flexibility index (Phi) is 4.16. The van der Waals surface area contributed by atoms with E-state index in [-0.39, 0.29) is 0 Å². The molecule has 18 heavy (non-hydrogen) atoms. The fourth-order valence-corrected chi connectivity index (χ4v) is 1.87. The third-order valence-electron chi connectivity index (χ3n) is 2.87. The van der Waals surface area contributed by atoms with Crippen molar-refractivity contribution < 1.29 is 4.42 Å². The Balaban J connectivity index is 1.89. The van der Waals surface area contributed by atoms with Crippen molar-refractivity contribution in [3.8, 4) is 6.07 Å². The molecule has 1 N–H and O–H groups in total. The van der Waals surface area contributed by atoms with E-state index in [2.05, 4.69) is 18.3 Å². The molecule has 0 spiro atoms. The van der Waals surface area contributed by atoms with Gasteiger partial charge in [0.05, 0.1) is 17.9 Å². The lowest BCUT2D eigenvalue weighted by Gasteiger charge is -2.13. The van der Waals surface area contributed by atoms with Crippen LogP contribution >= 0.6 is 0 Å². The van der Waals surface area contributed by atoms with Crippen LogP contribution in [0.2, 0.25) is 0 Å². The number of rotatable bonds is 5. The predicted octanol–water partition coefficient (Wildman–Crippen LogP) is 2.87. The SMILES string of the molecule is CC(Cc1ccco1)NCc1ccccc1C#N. The lowest BCUT2D eigenvalue weighted by atomic mass is 10.1. The number of hydrogen-bond donors (Lipinski definition) is 1. The van der Waals surface area contributed by atoms with Crippen molar-refractivity contribution in [1.29, 1.82) is 5.26 Å².